The quantitative estimate of drug-likeness (QED) is 0.682. The minimum absolute atomic E-state index is 0.155. The summed E-state index contributed by atoms with van der Waals surface area (Å²) in [5, 5.41) is 2.79. The number of para-hydroxylation sites is 1. The van der Waals surface area contributed by atoms with Crippen LogP contribution in [-0.2, 0) is 9.59 Å². The molecule has 0 aliphatic carbocycles. The fourth-order valence-corrected chi connectivity index (χ4v) is 2.77. The van der Waals surface area contributed by atoms with Gasteiger partial charge in [-0.3, -0.25) is 14.5 Å². The maximum atomic E-state index is 12.4. The highest BCUT2D eigenvalue weighted by Gasteiger charge is 2.27. The Kier molecular flexibility index (Phi) is 3.66. The van der Waals surface area contributed by atoms with Crippen LogP contribution in [0.3, 0.4) is 0 Å². The molecule has 0 fully saturated rings. The molecule has 1 heterocycles. The molecule has 0 spiro atoms. The van der Waals surface area contributed by atoms with E-state index in [4.69, 9.17) is 0 Å². The lowest BCUT2D eigenvalue weighted by Crippen LogP contribution is -2.26. The lowest BCUT2D eigenvalue weighted by molar-refractivity contribution is -0.124. The number of fused-ring (bicyclic) bond motifs is 1. The van der Waals surface area contributed by atoms with Gasteiger partial charge in [-0.05, 0) is 36.6 Å². The van der Waals surface area contributed by atoms with Crippen molar-refractivity contribution in [3.05, 3.63) is 48.5 Å². The maximum absolute atomic E-state index is 12.4. The molecule has 4 nitrogen and oxygen atoms in total. The van der Waals surface area contributed by atoms with Crippen molar-refractivity contribution >= 4 is 40.6 Å². The summed E-state index contributed by atoms with van der Waals surface area (Å²) in [7, 11) is 0. The second-order valence-electron chi connectivity index (χ2n) is 4.67. The Morgan fingerprint density at radius 3 is 2.57 bits per heavy atom. The SMILES string of the molecule is CSc1ccc2c(c1)N(c1ccccc1)C(=O)CC(=O)N2. The van der Waals surface area contributed by atoms with Gasteiger partial charge >= 0.3 is 0 Å². The van der Waals surface area contributed by atoms with E-state index in [0.29, 0.717) is 11.4 Å². The van der Waals surface area contributed by atoms with Crippen molar-refractivity contribution in [2.75, 3.05) is 16.5 Å². The predicted molar refractivity (Wildman–Crippen MR) is 85.1 cm³/mol. The standard InChI is InChI=1S/C16H14N2O2S/c1-21-12-7-8-13-14(9-12)18(11-5-3-2-4-6-11)16(20)10-15(19)17-13/h2-9H,10H2,1H3,(H,17,19). The van der Waals surface area contributed by atoms with Gasteiger partial charge in [0.15, 0.2) is 0 Å². The Balaban J connectivity index is 2.18. The smallest absolute Gasteiger partial charge is 0.241 e. The van der Waals surface area contributed by atoms with Gasteiger partial charge in [0.25, 0.3) is 0 Å². The molecule has 0 saturated heterocycles. The Labute approximate surface area is 127 Å². The van der Waals surface area contributed by atoms with Crippen LogP contribution in [0.25, 0.3) is 0 Å². The van der Waals surface area contributed by atoms with Crippen LogP contribution < -0.4 is 10.2 Å². The summed E-state index contributed by atoms with van der Waals surface area (Å²) >= 11 is 1.60. The molecule has 0 unspecified atom stereocenters. The summed E-state index contributed by atoms with van der Waals surface area (Å²) in [6.45, 7) is 0. The van der Waals surface area contributed by atoms with E-state index in [1.165, 1.54) is 0 Å². The molecule has 1 aliphatic rings. The predicted octanol–water partition coefficient (Wildman–Crippen LogP) is 3.42. The summed E-state index contributed by atoms with van der Waals surface area (Å²) in [6, 6.07) is 15.1. The first kappa shape index (κ1) is 13.7. The van der Waals surface area contributed by atoms with Gasteiger partial charge in [-0.1, -0.05) is 18.2 Å². The number of amides is 2. The summed E-state index contributed by atoms with van der Waals surface area (Å²) < 4.78 is 0. The molecule has 0 aromatic heterocycles. The number of nitrogens with one attached hydrogen (secondary N) is 1. The topological polar surface area (TPSA) is 49.4 Å². The van der Waals surface area contributed by atoms with E-state index >= 15 is 0 Å². The van der Waals surface area contributed by atoms with Crippen LogP contribution in [0, 0.1) is 0 Å². The molecule has 5 heteroatoms. The number of carbonyl (C=O) groups is 2. The highest BCUT2D eigenvalue weighted by Crippen LogP contribution is 2.37. The first-order chi connectivity index (χ1) is 10.2. The Morgan fingerprint density at radius 2 is 1.86 bits per heavy atom. The van der Waals surface area contributed by atoms with Gasteiger partial charge in [-0.2, -0.15) is 0 Å². The van der Waals surface area contributed by atoms with Crippen molar-refractivity contribution in [3.63, 3.8) is 0 Å². The number of hydrogen-bond donors (Lipinski definition) is 1. The summed E-state index contributed by atoms with van der Waals surface area (Å²) in [6.07, 6.45) is 1.82. The molecule has 2 aromatic rings. The van der Waals surface area contributed by atoms with Crippen molar-refractivity contribution in [2.24, 2.45) is 0 Å². The average Bonchev–Trinajstić information content (AvgIpc) is 2.61. The molecule has 21 heavy (non-hydrogen) atoms. The highest BCUT2D eigenvalue weighted by atomic mass is 32.2. The van der Waals surface area contributed by atoms with Gasteiger partial charge in [0.2, 0.25) is 11.8 Å². The molecule has 0 atom stereocenters. The molecular formula is C16H14N2O2S. The van der Waals surface area contributed by atoms with Crippen LogP contribution in [-0.4, -0.2) is 18.1 Å². The third-order valence-corrected chi connectivity index (χ3v) is 4.02. The van der Waals surface area contributed by atoms with Gasteiger partial charge in [0, 0.05) is 10.6 Å². The minimum Gasteiger partial charge on any atom is -0.324 e. The largest absolute Gasteiger partial charge is 0.324 e. The Hall–Kier alpha value is -2.27. The van der Waals surface area contributed by atoms with E-state index < -0.39 is 0 Å². The van der Waals surface area contributed by atoms with Gasteiger partial charge in [-0.25, -0.2) is 0 Å². The van der Waals surface area contributed by atoms with Crippen molar-refractivity contribution in [1.29, 1.82) is 0 Å². The summed E-state index contributed by atoms with van der Waals surface area (Å²) in [4.78, 5) is 26.9. The molecular weight excluding hydrogens is 284 g/mol. The molecule has 0 saturated carbocycles. The third-order valence-electron chi connectivity index (χ3n) is 3.30. The van der Waals surface area contributed by atoms with E-state index in [0.717, 1.165) is 10.6 Å². The molecule has 0 radical (unpaired) electrons. The van der Waals surface area contributed by atoms with E-state index in [2.05, 4.69) is 5.32 Å². The molecule has 1 N–H and O–H groups in total. The second-order valence-corrected chi connectivity index (χ2v) is 5.55. The normalized spacial score (nSPS) is 14.4. The Bertz CT molecular complexity index is 701. The van der Waals surface area contributed by atoms with E-state index in [-0.39, 0.29) is 18.2 Å². The summed E-state index contributed by atoms with van der Waals surface area (Å²) in [5.41, 5.74) is 2.13. The fourth-order valence-electron chi connectivity index (χ4n) is 2.33. The molecule has 3 rings (SSSR count). The first-order valence-electron chi connectivity index (χ1n) is 6.55. The van der Waals surface area contributed by atoms with Crippen molar-refractivity contribution in [2.45, 2.75) is 11.3 Å². The lowest BCUT2D eigenvalue weighted by atomic mass is 10.2. The number of carbonyl (C=O) groups excluding carboxylic acids is 2. The van der Waals surface area contributed by atoms with Crippen LogP contribution in [0.15, 0.2) is 53.4 Å². The third kappa shape index (κ3) is 2.64. The lowest BCUT2D eigenvalue weighted by Gasteiger charge is -2.22. The average molecular weight is 298 g/mol. The fraction of sp³-hybridized carbons (Fsp3) is 0.125. The number of rotatable bonds is 2. The van der Waals surface area contributed by atoms with Crippen molar-refractivity contribution < 1.29 is 9.59 Å². The molecule has 2 amide bonds. The van der Waals surface area contributed by atoms with Crippen LogP contribution >= 0.6 is 11.8 Å². The molecule has 106 valence electrons. The van der Waals surface area contributed by atoms with Crippen molar-refractivity contribution in [3.8, 4) is 0 Å². The second kappa shape index (κ2) is 5.61. The zero-order chi connectivity index (χ0) is 14.8. The van der Waals surface area contributed by atoms with Crippen LogP contribution in [0.5, 0.6) is 0 Å². The van der Waals surface area contributed by atoms with Gasteiger partial charge < -0.3 is 5.32 Å². The zero-order valence-electron chi connectivity index (χ0n) is 11.5. The zero-order valence-corrected chi connectivity index (χ0v) is 12.3. The van der Waals surface area contributed by atoms with Crippen LogP contribution in [0.1, 0.15) is 6.42 Å². The summed E-state index contributed by atoms with van der Waals surface area (Å²) in [5.74, 6) is -0.507. The maximum Gasteiger partial charge on any atom is 0.241 e. The number of nitrogens with zero attached hydrogens (tertiary/aromatic N) is 1. The number of hydrogen-bond acceptors (Lipinski definition) is 3. The van der Waals surface area contributed by atoms with Gasteiger partial charge in [-0.15, -0.1) is 11.8 Å². The molecule has 2 aromatic carbocycles. The molecule has 1 aliphatic heterocycles. The highest BCUT2D eigenvalue weighted by molar-refractivity contribution is 7.98. The number of benzene rings is 2. The van der Waals surface area contributed by atoms with Crippen LogP contribution in [0.2, 0.25) is 0 Å². The Morgan fingerprint density at radius 1 is 1.10 bits per heavy atom. The monoisotopic (exact) mass is 298 g/mol. The van der Waals surface area contributed by atoms with Gasteiger partial charge in [0.1, 0.15) is 6.42 Å². The van der Waals surface area contributed by atoms with Crippen LogP contribution in [0.4, 0.5) is 17.1 Å². The van der Waals surface area contributed by atoms with E-state index in [1.807, 2.05) is 54.8 Å². The minimum atomic E-state index is -0.281. The first-order valence-corrected chi connectivity index (χ1v) is 7.77. The number of thioether (sulfide) groups is 1. The molecule has 0 bridgehead atoms. The van der Waals surface area contributed by atoms with E-state index in [1.54, 1.807) is 16.7 Å². The van der Waals surface area contributed by atoms with Gasteiger partial charge in [0.05, 0.1) is 11.4 Å². The van der Waals surface area contributed by atoms with Crippen molar-refractivity contribution in [1.82, 2.24) is 0 Å². The van der Waals surface area contributed by atoms with E-state index in [9.17, 15) is 9.59 Å². The number of anilines is 3.